The van der Waals surface area contributed by atoms with Crippen molar-refractivity contribution in [1.82, 2.24) is 25.2 Å². The van der Waals surface area contributed by atoms with E-state index in [2.05, 4.69) is 15.1 Å². The predicted molar refractivity (Wildman–Crippen MR) is 165 cm³/mol. The van der Waals surface area contributed by atoms with Gasteiger partial charge in [0.15, 0.2) is 5.82 Å². The molecule has 8 rings (SSSR count). The maximum atomic E-state index is 16.8. The SMILES string of the molecule is Fc1c(-c2cccc3cccc(Cl)c23)ncc2c(N(CC3CC3)C3CCNC3)nc(OCC34CCCN3CCC4)nc12. The molecule has 1 aliphatic carbocycles. The number of anilines is 1. The van der Waals surface area contributed by atoms with Crippen LogP contribution in [0.15, 0.2) is 42.6 Å². The van der Waals surface area contributed by atoms with Crippen LogP contribution in [0.1, 0.15) is 44.9 Å². The molecule has 0 radical (unpaired) electrons. The van der Waals surface area contributed by atoms with Crippen LogP contribution in [0.3, 0.4) is 0 Å². The van der Waals surface area contributed by atoms with Crippen molar-refractivity contribution in [3.05, 3.63) is 53.4 Å². The number of hydrogen-bond donors (Lipinski definition) is 1. The quantitative estimate of drug-likeness (QED) is 0.263. The Morgan fingerprint density at radius 1 is 1.07 bits per heavy atom. The lowest BCUT2D eigenvalue weighted by Gasteiger charge is -2.32. The van der Waals surface area contributed by atoms with Crippen LogP contribution in [0.5, 0.6) is 6.01 Å². The highest BCUT2D eigenvalue weighted by Crippen LogP contribution is 2.41. The molecule has 1 saturated carbocycles. The number of fused-ring (bicyclic) bond motifs is 3. The molecule has 7 nitrogen and oxygen atoms in total. The lowest BCUT2D eigenvalue weighted by Crippen LogP contribution is -2.43. The van der Waals surface area contributed by atoms with Gasteiger partial charge < -0.3 is 15.0 Å². The molecule has 4 aromatic rings. The monoisotopic (exact) mass is 586 g/mol. The molecule has 4 fully saturated rings. The second kappa shape index (κ2) is 10.6. The van der Waals surface area contributed by atoms with Gasteiger partial charge in [-0.25, -0.2) is 4.39 Å². The largest absolute Gasteiger partial charge is 0.461 e. The van der Waals surface area contributed by atoms with Crippen LogP contribution in [0.2, 0.25) is 5.02 Å². The van der Waals surface area contributed by atoms with Gasteiger partial charge in [0, 0.05) is 41.3 Å². The molecule has 5 heterocycles. The Bertz CT molecular complexity index is 1640. The molecule has 0 bridgehead atoms. The second-order valence-corrected chi connectivity index (χ2v) is 13.0. The van der Waals surface area contributed by atoms with E-state index in [-0.39, 0.29) is 28.8 Å². The molecule has 1 atom stereocenters. The van der Waals surface area contributed by atoms with Crippen molar-refractivity contribution in [2.24, 2.45) is 5.92 Å². The van der Waals surface area contributed by atoms with Crippen LogP contribution in [-0.2, 0) is 0 Å². The van der Waals surface area contributed by atoms with E-state index in [4.69, 9.17) is 31.3 Å². The predicted octanol–water partition coefficient (Wildman–Crippen LogP) is 6.22. The van der Waals surface area contributed by atoms with Crippen molar-refractivity contribution in [1.29, 1.82) is 0 Å². The number of nitrogens with one attached hydrogen (secondary N) is 1. The average Bonchev–Trinajstić information content (AvgIpc) is 3.33. The Hall–Kier alpha value is -3.07. The Balaban J connectivity index is 1.27. The number of nitrogens with zero attached hydrogens (tertiary/aromatic N) is 5. The standard InChI is InChI=1S/C33H36ClFN6O/c34-26-8-2-6-22-5-1-7-24(27(22)26)29-28(35)30-25(18-37-29)31(41(19-21-9-10-21)23-11-14-36-17-23)39-32(38-30)42-20-33-12-3-15-40(33)16-4-13-33/h1-2,5-8,18,21,23,36H,3-4,9-17,19-20H2. The topological polar surface area (TPSA) is 66.4 Å². The molecule has 2 aromatic heterocycles. The molecule has 1 unspecified atom stereocenters. The first-order chi connectivity index (χ1) is 20.6. The van der Waals surface area contributed by atoms with E-state index in [0.29, 0.717) is 28.5 Å². The van der Waals surface area contributed by atoms with Crippen molar-refractivity contribution >= 4 is 39.1 Å². The first-order valence-corrected chi connectivity index (χ1v) is 15.9. The number of ether oxygens (including phenoxy) is 1. The van der Waals surface area contributed by atoms with E-state index in [1.165, 1.54) is 25.7 Å². The molecule has 2 aromatic carbocycles. The molecular weight excluding hydrogens is 551 g/mol. The van der Waals surface area contributed by atoms with E-state index < -0.39 is 5.82 Å². The number of pyridine rings is 1. The van der Waals surface area contributed by atoms with Crippen molar-refractivity contribution in [3.63, 3.8) is 0 Å². The van der Waals surface area contributed by atoms with E-state index in [1.54, 1.807) is 6.20 Å². The van der Waals surface area contributed by atoms with Crippen LogP contribution in [0.25, 0.3) is 32.9 Å². The smallest absolute Gasteiger partial charge is 0.319 e. The van der Waals surface area contributed by atoms with Crippen molar-refractivity contribution in [2.45, 2.75) is 56.5 Å². The minimum absolute atomic E-state index is 0.0448. The third-order valence-corrected chi connectivity index (χ3v) is 10.2. The first kappa shape index (κ1) is 26.5. The Labute approximate surface area is 250 Å². The van der Waals surface area contributed by atoms with E-state index in [9.17, 15) is 0 Å². The summed E-state index contributed by atoms with van der Waals surface area (Å²) < 4.78 is 23.2. The zero-order chi connectivity index (χ0) is 28.3. The second-order valence-electron chi connectivity index (χ2n) is 12.6. The molecule has 4 aliphatic rings. The van der Waals surface area contributed by atoms with Gasteiger partial charge in [-0.15, -0.1) is 0 Å². The van der Waals surface area contributed by atoms with Gasteiger partial charge in [-0.3, -0.25) is 9.88 Å². The minimum Gasteiger partial charge on any atom is -0.461 e. The van der Waals surface area contributed by atoms with Crippen LogP contribution in [0, 0.1) is 11.7 Å². The molecule has 0 spiro atoms. The summed E-state index contributed by atoms with van der Waals surface area (Å²) in [5, 5.41) is 6.43. The van der Waals surface area contributed by atoms with E-state index >= 15 is 4.39 Å². The minimum atomic E-state index is -0.467. The van der Waals surface area contributed by atoms with Gasteiger partial charge in [0.05, 0.1) is 10.9 Å². The number of benzene rings is 2. The highest BCUT2D eigenvalue weighted by molar-refractivity contribution is 6.36. The third kappa shape index (κ3) is 4.59. The van der Waals surface area contributed by atoms with Crippen molar-refractivity contribution < 1.29 is 9.13 Å². The maximum absolute atomic E-state index is 16.8. The third-order valence-electron chi connectivity index (χ3n) is 9.93. The number of halogens is 2. The molecule has 3 saturated heterocycles. The fourth-order valence-corrected chi connectivity index (χ4v) is 7.82. The number of aromatic nitrogens is 3. The summed E-state index contributed by atoms with van der Waals surface area (Å²) in [5.41, 5.74) is 1.19. The van der Waals surface area contributed by atoms with Gasteiger partial charge in [-0.1, -0.05) is 41.9 Å². The molecule has 1 N–H and O–H groups in total. The Kier molecular flexibility index (Phi) is 6.69. The zero-order valence-corrected chi connectivity index (χ0v) is 24.5. The summed E-state index contributed by atoms with van der Waals surface area (Å²) >= 11 is 6.64. The van der Waals surface area contributed by atoms with Gasteiger partial charge in [-0.05, 0) is 82.0 Å². The highest BCUT2D eigenvalue weighted by atomic mass is 35.5. The van der Waals surface area contributed by atoms with Gasteiger partial charge in [0.1, 0.15) is 23.6 Å². The van der Waals surface area contributed by atoms with E-state index in [0.717, 1.165) is 68.6 Å². The van der Waals surface area contributed by atoms with Gasteiger partial charge >= 0.3 is 6.01 Å². The fourth-order valence-electron chi connectivity index (χ4n) is 7.54. The lowest BCUT2D eigenvalue weighted by atomic mass is 9.95. The Morgan fingerprint density at radius 3 is 2.64 bits per heavy atom. The van der Waals surface area contributed by atoms with Gasteiger partial charge in [-0.2, -0.15) is 9.97 Å². The molecular formula is C33H36ClFN6O. The molecule has 0 amide bonds. The Morgan fingerprint density at radius 2 is 1.88 bits per heavy atom. The van der Waals surface area contributed by atoms with Crippen molar-refractivity contribution in [2.75, 3.05) is 44.2 Å². The lowest BCUT2D eigenvalue weighted by molar-refractivity contribution is 0.108. The van der Waals surface area contributed by atoms with Crippen molar-refractivity contribution in [3.8, 4) is 17.3 Å². The summed E-state index contributed by atoms with van der Waals surface area (Å²) in [6.07, 6.45) is 9.84. The molecule has 9 heteroatoms. The summed E-state index contributed by atoms with van der Waals surface area (Å²) in [6, 6.07) is 12.0. The normalized spacial score (nSPS) is 21.8. The zero-order valence-electron chi connectivity index (χ0n) is 23.8. The number of hydrogen-bond acceptors (Lipinski definition) is 7. The van der Waals surface area contributed by atoms with Crippen LogP contribution in [0.4, 0.5) is 10.2 Å². The van der Waals surface area contributed by atoms with Gasteiger partial charge in [0.25, 0.3) is 0 Å². The first-order valence-electron chi connectivity index (χ1n) is 15.5. The summed E-state index contributed by atoms with van der Waals surface area (Å²) in [4.78, 5) is 19.4. The number of rotatable bonds is 8. The van der Waals surface area contributed by atoms with Crippen LogP contribution in [-0.4, -0.2) is 70.8 Å². The summed E-state index contributed by atoms with van der Waals surface area (Å²) in [5.74, 6) is 0.905. The summed E-state index contributed by atoms with van der Waals surface area (Å²) in [7, 11) is 0. The van der Waals surface area contributed by atoms with E-state index in [1.807, 2.05) is 36.4 Å². The molecule has 42 heavy (non-hydrogen) atoms. The van der Waals surface area contributed by atoms with Crippen LogP contribution < -0.4 is 15.0 Å². The fraction of sp³-hybridized carbons (Fsp3) is 0.485. The molecule has 218 valence electrons. The maximum Gasteiger partial charge on any atom is 0.319 e. The highest BCUT2D eigenvalue weighted by Gasteiger charge is 2.45. The van der Waals surface area contributed by atoms with Crippen LogP contribution >= 0.6 is 11.6 Å². The summed E-state index contributed by atoms with van der Waals surface area (Å²) in [6.45, 7) is 5.52. The van der Waals surface area contributed by atoms with Gasteiger partial charge in [0.2, 0.25) is 0 Å². The molecule has 3 aliphatic heterocycles. The average molecular weight is 587 g/mol.